The molecule has 0 fully saturated rings. The van der Waals surface area contributed by atoms with Crippen molar-refractivity contribution in [2.75, 3.05) is 0 Å². The average molecular weight is 491 g/mol. The van der Waals surface area contributed by atoms with Crippen molar-refractivity contribution in [2.45, 2.75) is 25.6 Å². The van der Waals surface area contributed by atoms with Crippen molar-refractivity contribution in [3.63, 3.8) is 0 Å². The summed E-state index contributed by atoms with van der Waals surface area (Å²) in [5.74, 6) is 1.16. The Labute approximate surface area is 203 Å². The highest BCUT2D eigenvalue weighted by Gasteiger charge is 2.53. The average Bonchev–Trinajstić information content (AvgIpc) is 3.37. The van der Waals surface area contributed by atoms with Crippen LogP contribution in [0.25, 0.3) is 17.4 Å². The number of para-hydroxylation sites is 1. The molecule has 2 aliphatic rings. The number of furan rings is 1. The van der Waals surface area contributed by atoms with Gasteiger partial charge in [0.25, 0.3) is 5.56 Å². The molecule has 8 heteroatoms. The Hall–Kier alpha value is -3.42. The molecule has 0 amide bonds. The first-order chi connectivity index (χ1) is 16.3. The van der Waals surface area contributed by atoms with Crippen molar-refractivity contribution in [1.82, 2.24) is 4.57 Å². The number of hydrogen-bond donors (Lipinski definition) is 0. The largest absolute Gasteiger partial charge is 0.465 e. The van der Waals surface area contributed by atoms with Crippen molar-refractivity contribution in [3.8, 4) is 17.1 Å². The highest BCUT2D eigenvalue weighted by molar-refractivity contribution is 7.07. The maximum atomic E-state index is 13.6. The normalized spacial score (nSPS) is 23.0. The van der Waals surface area contributed by atoms with E-state index in [9.17, 15) is 9.59 Å². The van der Waals surface area contributed by atoms with Crippen molar-refractivity contribution >= 4 is 34.8 Å². The molecule has 170 valence electrons. The number of nitrogens with zero attached hydrogens (tertiary/aromatic N) is 2. The zero-order valence-corrected chi connectivity index (χ0v) is 19.9. The summed E-state index contributed by atoms with van der Waals surface area (Å²) >= 11 is 7.36. The topological polar surface area (TPSA) is 73.8 Å². The number of rotatable bonds is 3. The number of halogens is 1. The first-order valence-corrected chi connectivity index (χ1v) is 12.0. The molecule has 0 unspecified atom stereocenters. The highest BCUT2D eigenvalue weighted by atomic mass is 35.5. The molecule has 4 heterocycles. The molecule has 0 radical (unpaired) electrons. The fourth-order valence-corrected chi connectivity index (χ4v) is 6.18. The van der Waals surface area contributed by atoms with Crippen LogP contribution in [0.4, 0.5) is 0 Å². The standard InChI is InChI=1S/C26H19ClN2O4S/c1-14(30)22-23-18-8-3-4-9-20(18)33-26(22,2)28-25-29(23)24(31)21(34-25)13-17-10-11-19(32-17)15-6-5-7-16(27)12-15/h3-13,22-23H,1-2H3/b21-13+/t22-,23+,26+/m0/s1. The van der Waals surface area contributed by atoms with E-state index in [-0.39, 0.29) is 11.3 Å². The molecule has 0 N–H and O–H groups in total. The van der Waals surface area contributed by atoms with Gasteiger partial charge in [-0.05, 0) is 44.2 Å². The van der Waals surface area contributed by atoms with Gasteiger partial charge in [0.2, 0.25) is 5.72 Å². The van der Waals surface area contributed by atoms with Gasteiger partial charge in [0, 0.05) is 22.2 Å². The van der Waals surface area contributed by atoms with E-state index in [2.05, 4.69) is 0 Å². The Morgan fingerprint density at radius 1 is 1.18 bits per heavy atom. The number of aromatic nitrogens is 1. The summed E-state index contributed by atoms with van der Waals surface area (Å²) in [5.41, 5.74) is 0.372. The van der Waals surface area contributed by atoms with E-state index in [1.807, 2.05) is 61.5 Å². The lowest BCUT2D eigenvalue weighted by atomic mass is 9.79. The summed E-state index contributed by atoms with van der Waals surface area (Å²) in [5, 5.41) is 0.618. The molecule has 0 spiro atoms. The van der Waals surface area contributed by atoms with Crippen LogP contribution in [0.3, 0.4) is 0 Å². The number of carbonyl (C=O) groups is 1. The third-order valence-electron chi connectivity index (χ3n) is 6.33. The number of Topliss-reactive ketones (excluding diaryl/α,β-unsaturated/α-hetero) is 1. The lowest BCUT2D eigenvalue weighted by Crippen LogP contribution is -2.58. The number of ketones is 1. The number of carbonyl (C=O) groups excluding carboxylic acids is 1. The van der Waals surface area contributed by atoms with Gasteiger partial charge in [-0.2, -0.15) is 0 Å². The molecule has 6 rings (SSSR count). The molecule has 0 saturated carbocycles. The van der Waals surface area contributed by atoms with Crippen LogP contribution < -0.4 is 19.6 Å². The third kappa shape index (κ3) is 3.19. The molecular formula is C26H19ClN2O4S. The van der Waals surface area contributed by atoms with Crippen molar-refractivity contribution < 1.29 is 13.9 Å². The molecule has 34 heavy (non-hydrogen) atoms. The van der Waals surface area contributed by atoms with Gasteiger partial charge in [0.1, 0.15) is 29.0 Å². The fourth-order valence-electron chi connectivity index (χ4n) is 4.91. The Kier molecular flexibility index (Phi) is 4.69. The number of fused-ring (bicyclic) bond motifs is 6. The monoisotopic (exact) mass is 490 g/mol. The predicted molar refractivity (Wildman–Crippen MR) is 130 cm³/mol. The Bertz CT molecular complexity index is 1650. The van der Waals surface area contributed by atoms with Crippen LogP contribution in [0.2, 0.25) is 5.02 Å². The number of benzene rings is 2. The zero-order valence-electron chi connectivity index (χ0n) is 18.3. The number of hydrogen-bond acceptors (Lipinski definition) is 6. The molecule has 0 aliphatic carbocycles. The molecular weight excluding hydrogens is 472 g/mol. The molecule has 6 nitrogen and oxygen atoms in total. The molecule has 0 saturated heterocycles. The molecule has 4 aromatic rings. The van der Waals surface area contributed by atoms with Crippen LogP contribution in [0.5, 0.6) is 5.75 Å². The van der Waals surface area contributed by atoms with Crippen molar-refractivity contribution in [1.29, 1.82) is 0 Å². The van der Waals surface area contributed by atoms with Gasteiger partial charge < -0.3 is 9.15 Å². The lowest BCUT2D eigenvalue weighted by Gasteiger charge is -2.45. The smallest absolute Gasteiger partial charge is 0.271 e. The minimum absolute atomic E-state index is 0.0720. The predicted octanol–water partition coefficient (Wildman–Crippen LogP) is 4.19. The molecule has 3 atom stereocenters. The molecule has 2 bridgehead atoms. The van der Waals surface area contributed by atoms with E-state index in [0.29, 0.717) is 31.6 Å². The van der Waals surface area contributed by atoms with Gasteiger partial charge in [-0.25, -0.2) is 4.99 Å². The van der Waals surface area contributed by atoms with E-state index in [4.69, 9.17) is 25.7 Å². The summed E-state index contributed by atoms with van der Waals surface area (Å²) in [6, 6.07) is 18.1. The Balaban J connectivity index is 1.52. The van der Waals surface area contributed by atoms with Crippen LogP contribution in [0, 0.1) is 5.92 Å². The van der Waals surface area contributed by atoms with Crippen molar-refractivity contribution in [3.05, 3.63) is 96.7 Å². The molecule has 2 aromatic heterocycles. The van der Waals surface area contributed by atoms with Gasteiger partial charge in [-0.15, -0.1) is 0 Å². The fraction of sp³-hybridized carbons (Fsp3) is 0.192. The second-order valence-electron chi connectivity index (χ2n) is 8.62. The van der Waals surface area contributed by atoms with Gasteiger partial charge in [-0.3, -0.25) is 14.2 Å². The number of thiazole rings is 1. The first-order valence-electron chi connectivity index (χ1n) is 10.8. The minimum atomic E-state index is -1.08. The van der Waals surface area contributed by atoms with Crippen LogP contribution in [0.15, 0.2) is 74.9 Å². The molecule has 2 aromatic carbocycles. The summed E-state index contributed by atoms with van der Waals surface area (Å²) in [6.45, 7) is 3.33. The minimum Gasteiger partial charge on any atom is -0.465 e. The summed E-state index contributed by atoms with van der Waals surface area (Å²) in [4.78, 5) is 31.6. The Morgan fingerprint density at radius 3 is 2.79 bits per heavy atom. The molecule has 2 aliphatic heterocycles. The van der Waals surface area contributed by atoms with E-state index >= 15 is 0 Å². The number of ether oxygens (including phenoxy) is 1. The van der Waals surface area contributed by atoms with Crippen molar-refractivity contribution in [2.24, 2.45) is 10.9 Å². The SMILES string of the molecule is CC(=O)[C@H]1[C@H]2c3ccccc3O[C@@]1(C)N=c1s/c(=C/c3ccc(-c4cccc(Cl)c4)o3)c(=O)n12. The van der Waals surface area contributed by atoms with E-state index in [0.717, 1.165) is 11.1 Å². The van der Waals surface area contributed by atoms with Gasteiger partial charge >= 0.3 is 0 Å². The van der Waals surface area contributed by atoms with E-state index in [1.165, 1.54) is 18.3 Å². The van der Waals surface area contributed by atoms with Gasteiger partial charge in [-0.1, -0.05) is 53.3 Å². The van der Waals surface area contributed by atoms with Crippen LogP contribution >= 0.6 is 22.9 Å². The summed E-state index contributed by atoms with van der Waals surface area (Å²) in [7, 11) is 0. The quantitative estimate of drug-likeness (QED) is 0.431. The maximum Gasteiger partial charge on any atom is 0.271 e. The Morgan fingerprint density at radius 2 is 2.00 bits per heavy atom. The third-order valence-corrected chi connectivity index (χ3v) is 7.55. The van der Waals surface area contributed by atoms with Crippen LogP contribution in [0.1, 0.15) is 31.2 Å². The lowest BCUT2D eigenvalue weighted by molar-refractivity contribution is -0.132. The van der Waals surface area contributed by atoms with Crippen LogP contribution in [-0.2, 0) is 4.79 Å². The first kappa shape index (κ1) is 21.1. The highest BCUT2D eigenvalue weighted by Crippen LogP contribution is 2.47. The van der Waals surface area contributed by atoms with Gasteiger partial charge in [0.05, 0.1) is 10.6 Å². The second-order valence-corrected chi connectivity index (χ2v) is 10.1. The zero-order chi connectivity index (χ0) is 23.6. The maximum absolute atomic E-state index is 13.6. The summed E-state index contributed by atoms with van der Waals surface area (Å²) < 4.78 is 14.3. The summed E-state index contributed by atoms with van der Waals surface area (Å²) in [6.07, 6.45) is 1.71. The van der Waals surface area contributed by atoms with Gasteiger partial charge in [0.15, 0.2) is 4.80 Å². The second kappa shape index (κ2) is 7.55. The van der Waals surface area contributed by atoms with E-state index < -0.39 is 17.7 Å². The van der Waals surface area contributed by atoms with Crippen LogP contribution in [-0.4, -0.2) is 16.1 Å². The van der Waals surface area contributed by atoms with E-state index in [1.54, 1.807) is 16.7 Å².